The summed E-state index contributed by atoms with van der Waals surface area (Å²) in [7, 11) is -1.04. The van der Waals surface area contributed by atoms with Crippen LogP contribution in [-0.4, -0.2) is 43.0 Å². The number of sulfone groups is 1. The standard InChI is InChI=1S/C12H16N2O2S2/c1-14(11-7-8-18(15,16)9-11)12(17)13-10-5-3-2-4-6-10/h2-6,11H,7-9H2,1H3,(H,13,17)/t11-/m0/s1. The summed E-state index contributed by atoms with van der Waals surface area (Å²) in [5.41, 5.74) is 0.912. The highest BCUT2D eigenvalue weighted by Gasteiger charge is 2.31. The molecule has 0 amide bonds. The zero-order valence-electron chi connectivity index (χ0n) is 10.2. The number of rotatable bonds is 2. The number of nitrogens with one attached hydrogen (secondary N) is 1. The first-order valence-electron chi connectivity index (χ1n) is 5.77. The molecule has 98 valence electrons. The van der Waals surface area contributed by atoms with E-state index < -0.39 is 9.84 Å². The second-order valence-electron chi connectivity index (χ2n) is 4.46. The Kier molecular flexibility index (Phi) is 3.87. The zero-order chi connectivity index (χ0) is 13.2. The predicted octanol–water partition coefficient (Wildman–Crippen LogP) is 1.50. The van der Waals surface area contributed by atoms with Crippen LogP contribution in [0.4, 0.5) is 5.69 Å². The molecule has 0 spiro atoms. The number of hydrogen-bond acceptors (Lipinski definition) is 3. The van der Waals surface area contributed by atoms with E-state index in [-0.39, 0.29) is 17.5 Å². The Morgan fingerprint density at radius 3 is 2.61 bits per heavy atom. The van der Waals surface area contributed by atoms with Crippen molar-refractivity contribution >= 4 is 32.9 Å². The molecule has 0 bridgehead atoms. The topological polar surface area (TPSA) is 49.4 Å². The van der Waals surface area contributed by atoms with E-state index in [1.165, 1.54) is 0 Å². The number of para-hydroxylation sites is 1. The van der Waals surface area contributed by atoms with Gasteiger partial charge in [0.1, 0.15) is 0 Å². The summed E-state index contributed by atoms with van der Waals surface area (Å²) in [4.78, 5) is 1.84. The first-order valence-corrected chi connectivity index (χ1v) is 8.00. The summed E-state index contributed by atoms with van der Waals surface area (Å²) in [6.07, 6.45) is 0.648. The van der Waals surface area contributed by atoms with Crippen LogP contribution in [0.2, 0.25) is 0 Å². The maximum atomic E-state index is 11.4. The fourth-order valence-corrected chi connectivity index (χ4v) is 4.02. The number of anilines is 1. The molecule has 1 aliphatic rings. The average molecular weight is 284 g/mol. The summed E-state index contributed by atoms with van der Waals surface area (Å²) < 4.78 is 22.9. The number of benzene rings is 1. The average Bonchev–Trinajstić information content (AvgIpc) is 2.70. The lowest BCUT2D eigenvalue weighted by Crippen LogP contribution is -2.40. The van der Waals surface area contributed by atoms with Crippen molar-refractivity contribution in [2.24, 2.45) is 0 Å². The Hall–Kier alpha value is -1.14. The minimum Gasteiger partial charge on any atom is -0.348 e. The Morgan fingerprint density at radius 2 is 2.06 bits per heavy atom. The van der Waals surface area contributed by atoms with Crippen LogP contribution in [0.1, 0.15) is 6.42 Å². The van der Waals surface area contributed by atoms with Crippen molar-refractivity contribution in [1.29, 1.82) is 0 Å². The first-order chi connectivity index (χ1) is 8.48. The van der Waals surface area contributed by atoms with Gasteiger partial charge in [0.25, 0.3) is 0 Å². The van der Waals surface area contributed by atoms with E-state index in [1.54, 1.807) is 0 Å². The molecule has 2 rings (SSSR count). The van der Waals surface area contributed by atoms with E-state index in [2.05, 4.69) is 5.32 Å². The van der Waals surface area contributed by atoms with Crippen LogP contribution in [-0.2, 0) is 9.84 Å². The third-order valence-corrected chi connectivity index (χ3v) is 5.24. The smallest absolute Gasteiger partial charge is 0.173 e. The van der Waals surface area contributed by atoms with Crippen LogP contribution in [0, 0.1) is 0 Å². The summed E-state index contributed by atoms with van der Waals surface area (Å²) in [5.74, 6) is 0.454. The van der Waals surface area contributed by atoms with E-state index in [0.717, 1.165) is 5.69 Å². The van der Waals surface area contributed by atoms with Crippen molar-refractivity contribution in [3.63, 3.8) is 0 Å². The predicted molar refractivity (Wildman–Crippen MR) is 77.5 cm³/mol. The van der Waals surface area contributed by atoms with Crippen LogP contribution in [0.15, 0.2) is 30.3 Å². The highest BCUT2D eigenvalue weighted by Crippen LogP contribution is 2.17. The molecule has 18 heavy (non-hydrogen) atoms. The van der Waals surface area contributed by atoms with Gasteiger partial charge in [-0.1, -0.05) is 18.2 Å². The Labute approximate surface area is 113 Å². The maximum absolute atomic E-state index is 11.4. The van der Waals surface area contributed by atoms with E-state index in [9.17, 15) is 8.42 Å². The first kappa shape index (κ1) is 13.3. The van der Waals surface area contributed by atoms with Gasteiger partial charge < -0.3 is 10.2 Å². The molecule has 0 saturated carbocycles. The zero-order valence-corrected chi connectivity index (χ0v) is 11.8. The van der Waals surface area contributed by atoms with Gasteiger partial charge in [0.05, 0.1) is 11.5 Å². The SMILES string of the molecule is CN(C(=S)Nc1ccccc1)[C@H]1CCS(=O)(=O)C1. The molecule has 0 aliphatic carbocycles. The molecule has 1 N–H and O–H groups in total. The van der Waals surface area contributed by atoms with E-state index in [4.69, 9.17) is 12.2 Å². The van der Waals surface area contributed by atoms with E-state index in [1.807, 2.05) is 42.3 Å². The lowest BCUT2D eigenvalue weighted by Gasteiger charge is -2.26. The quantitative estimate of drug-likeness (QED) is 0.834. The number of thiocarbonyl (C=S) groups is 1. The summed E-state index contributed by atoms with van der Waals surface area (Å²) >= 11 is 5.29. The molecule has 1 atom stereocenters. The molecule has 1 saturated heterocycles. The van der Waals surface area contributed by atoms with E-state index >= 15 is 0 Å². The highest BCUT2D eigenvalue weighted by molar-refractivity contribution is 7.91. The third-order valence-electron chi connectivity index (χ3n) is 3.10. The molecular formula is C12H16N2O2S2. The molecule has 0 aromatic heterocycles. The lowest BCUT2D eigenvalue weighted by molar-refractivity contribution is 0.402. The molecule has 4 nitrogen and oxygen atoms in total. The van der Waals surface area contributed by atoms with Gasteiger partial charge in [-0.05, 0) is 30.8 Å². The minimum absolute atomic E-state index is 0.0151. The van der Waals surface area contributed by atoms with Crippen LogP contribution in [0.3, 0.4) is 0 Å². The van der Waals surface area contributed by atoms with Crippen molar-refractivity contribution in [2.75, 3.05) is 23.9 Å². The van der Waals surface area contributed by atoms with Crippen molar-refractivity contribution in [2.45, 2.75) is 12.5 Å². The summed E-state index contributed by atoms with van der Waals surface area (Å²) in [5, 5.41) is 3.67. The van der Waals surface area contributed by atoms with Crippen LogP contribution in [0.5, 0.6) is 0 Å². The van der Waals surface area contributed by atoms with Crippen LogP contribution in [0.25, 0.3) is 0 Å². The van der Waals surface area contributed by atoms with Gasteiger partial charge in [0.2, 0.25) is 0 Å². The van der Waals surface area contributed by atoms with Gasteiger partial charge in [-0.3, -0.25) is 0 Å². The van der Waals surface area contributed by atoms with Gasteiger partial charge in [0.15, 0.2) is 14.9 Å². The largest absolute Gasteiger partial charge is 0.348 e. The van der Waals surface area contributed by atoms with Gasteiger partial charge >= 0.3 is 0 Å². The van der Waals surface area contributed by atoms with Gasteiger partial charge in [-0.2, -0.15) is 0 Å². The molecule has 1 aliphatic heterocycles. The Balaban J connectivity index is 1.98. The van der Waals surface area contributed by atoms with Crippen molar-refractivity contribution in [3.05, 3.63) is 30.3 Å². The molecule has 1 fully saturated rings. The normalized spacial score (nSPS) is 21.5. The Morgan fingerprint density at radius 1 is 1.39 bits per heavy atom. The molecule has 1 aromatic carbocycles. The molecule has 0 radical (unpaired) electrons. The molecular weight excluding hydrogens is 268 g/mol. The van der Waals surface area contributed by atoms with Crippen molar-refractivity contribution in [1.82, 2.24) is 4.90 Å². The fourth-order valence-electron chi connectivity index (χ4n) is 1.98. The monoisotopic (exact) mass is 284 g/mol. The molecule has 1 heterocycles. The second kappa shape index (κ2) is 5.24. The second-order valence-corrected chi connectivity index (χ2v) is 7.08. The molecule has 6 heteroatoms. The summed E-state index contributed by atoms with van der Waals surface area (Å²) in [6.45, 7) is 0. The Bertz CT molecular complexity index is 528. The molecule has 0 unspecified atom stereocenters. The minimum atomic E-state index is -2.88. The van der Waals surface area contributed by atoms with Gasteiger partial charge in [-0.25, -0.2) is 8.42 Å². The molecule has 1 aromatic rings. The van der Waals surface area contributed by atoms with Crippen LogP contribution < -0.4 is 5.32 Å². The highest BCUT2D eigenvalue weighted by atomic mass is 32.2. The van der Waals surface area contributed by atoms with Crippen LogP contribution >= 0.6 is 12.2 Å². The summed E-state index contributed by atoms with van der Waals surface area (Å²) in [6, 6.07) is 9.60. The lowest BCUT2D eigenvalue weighted by atomic mass is 10.2. The van der Waals surface area contributed by atoms with Gasteiger partial charge in [-0.15, -0.1) is 0 Å². The fraction of sp³-hybridized carbons (Fsp3) is 0.417. The van der Waals surface area contributed by atoms with E-state index in [0.29, 0.717) is 11.5 Å². The number of hydrogen-bond donors (Lipinski definition) is 1. The van der Waals surface area contributed by atoms with Crippen molar-refractivity contribution < 1.29 is 8.42 Å². The number of nitrogens with zero attached hydrogens (tertiary/aromatic N) is 1. The third kappa shape index (κ3) is 3.20. The van der Waals surface area contributed by atoms with Gasteiger partial charge in [0, 0.05) is 18.8 Å². The maximum Gasteiger partial charge on any atom is 0.173 e. The van der Waals surface area contributed by atoms with Crippen molar-refractivity contribution in [3.8, 4) is 0 Å².